The van der Waals surface area contributed by atoms with E-state index in [1.54, 1.807) is 43.5 Å². The SMILES string of the molecule is COc1ccc(C)cc1Nc1ccc(NC(=O)COc2ccc(Cl)cc2)nn1. The molecule has 0 saturated heterocycles. The Labute approximate surface area is 167 Å². The Morgan fingerprint density at radius 3 is 2.43 bits per heavy atom. The zero-order valence-electron chi connectivity index (χ0n) is 15.4. The zero-order chi connectivity index (χ0) is 19.9. The molecular weight excluding hydrogens is 380 g/mol. The number of methoxy groups -OCH3 is 1. The second-order valence-electron chi connectivity index (χ2n) is 5.92. The van der Waals surface area contributed by atoms with Crippen LogP contribution in [0.1, 0.15) is 5.56 Å². The van der Waals surface area contributed by atoms with Gasteiger partial charge in [-0.2, -0.15) is 0 Å². The molecule has 2 N–H and O–H groups in total. The number of nitrogens with zero attached hydrogens (tertiary/aromatic N) is 2. The number of anilines is 3. The van der Waals surface area contributed by atoms with Crippen LogP contribution >= 0.6 is 11.6 Å². The number of carbonyl (C=O) groups is 1. The molecule has 28 heavy (non-hydrogen) atoms. The number of aryl methyl sites for hydroxylation is 1. The van der Waals surface area contributed by atoms with E-state index in [0.29, 0.717) is 28.2 Å². The fourth-order valence-electron chi connectivity index (χ4n) is 2.38. The maximum Gasteiger partial charge on any atom is 0.263 e. The molecule has 3 aromatic rings. The van der Waals surface area contributed by atoms with Crippen molar-refractivity contribution in [1.29, 1.82) is 0 Å². The van der Waals surface area contributed by atoms with Crippen molar-refractivity contribution in [2.45, 2.75) is 6.92 Å². The predicted molar refractivity (Wildman–Crippen MR) is 109 cm³/mol. The number of aromatic nitrogens is 2. The van der Waals surface area contributed by atoms with Crippen molar-refractivity contribution in [3.05, 3.63) is 65.2 Å². The maximum atomic E-state index is 12.0. The average molecular weight is 399 g/mol. The Balaban J connectivity index is 1.56. The maximum absolute atomic E-state index is 12.0. The highest BCUT2D eigenvalue weighted by Crippen LogP contribution is 2.27. The van der Waals surface area contributed by atoms with Crippen LogP contribution in [0.3, 0.4) is 0 Å². The summed E-state index contributed by atoms with van der Waals surface area (Å²) in [5.41, 5.74) is 1.87. The molecule has 0 spiro atoms. The third kappa shape index (κ3) is 5.34. The molecule has 1 heterocycles. The number of hydrogen-bond donors (Lipinski definition) is 2. The molecule has 0 fully saturated rings. The van der Waals surface area contributed by atoms with Gasteiger partial charge in [-0.05, 0) is 61.0 Å². The molecule has 0 aliphatic carbocycles. The molecule has 0 atom stereocenters. The van der Waals surface area contributed by atoms with Gasteiger partial charge in [0.15, 0.2) is 18.2 Å². The minimum Gasteiger partial charge on any atom is -0.495 e. The highest BCUT2D eigenvalue weighted by molar-refractivity contribution is 6.30. The number of rotatable bonds is 7. The van der Waals surface area contributed by atoms with Gasteiger partial charge in [0.2, 0.25) is 0 Å². The molecule has 0 saturated carbocycles. The fourth-order valence-corrected chi connectivity index (χ4v) is 2.51. The van der Waals surface area contributed by atoms with Crippen molar-refractivity contribution in [3.8, 4) is 11.5 Å². The largest absolute Gasteiger partial charge is 0.495 e. The van der Waals surface area contributed by atoms with Gasteiger partial charge in [0.05, 0.1) is 12.8 Å². The third-order valence-electron chi connectivity index (χ3n) is 3.73. The van der Waals surface area contributed by atoms with Crippen LogP contribution in [0.15, 0.2) is 54.6 Å². The summed E-state index contributed by atoms with van der Waals surface area (Å²) in [6.07, 6.45) is 0. The number of nitrogens with one attached hydrogen (secondary N) is 2. The lowest BCUT2D eigenvalue weighted by atomic mass is 10.2. The van der Waals surface area contributed by atoms with Gasteiger partial charge in [-0.3, -0.25) is 4.79 Å². The van der Waals surface area contributed by atoms with Gasteiger partial charge < -0.3 is 20.1 Å². The van der Waals surface area contributed by atoms with Gasteiger partial charge in [-0.15, -0.1) is 10.2 Å². The molecule has 1 aromatic heterocycles. The number of ether oxygens (including phenoxy) is 2. The predicted octanol–water partition coefficient (Wildman–Crippen LogP) is 4.21. The summed E-state index contributed by atoms with van der Waals surface area (Å²) >= 11 is 5.81. The fraction of sp³-hybridized carbons (Fsp3) is 0.150. The minimum atomic E-state index is -0.342. The second-order valence-corrected chi connectivity index (χ2v) is 6.36. The molecule has 0 bridgehead atoms. The first-order valence-corrected chi connectivity index (χ1v) is 8.85. The number of benzene rings is 2. The molecule has 7 nitrogen and oxygen atoms in total. The molecule has 8 heteroatoms. The highest BCUT2D eigenvalue weighted by Gasteiger charge is 2.08. The molecule has 2 aromatic carbocycles. The minimum absolute atomic E-state index is 0.149. The number of carbonyl (C=O) groups excluding carboxylic acids is 1. The van der Waals surface area contributed by atoms with Gasteiger partial charge in [0.25, 0.3) is 5.91 Å². The Morgan fingerprint density at radius 1 is 1.04 bits per heavy atom. The van der Waals surface area contributed by atoms with E-state index in [1.165, 1.54) is 0 Å². The van der Waals surface area contributed by atoms with Crippen molar-refractivity contribution in [2.24, 2.45) is 0 Å². The molecule has 0 radical (unpaired) electrons. The van der Waals surface area contributed by atoms with Crippen molar-refractivity contribution >= 4 is 34.8 Å². The third-order valence-corrected chi connectivity index (χ3v) is 3.99. The smallest absolute Gasteiger partial charge is 0.263 e. The number of hydrogen-bond acceptors (Lipinski definition) is 6. The Bertz CT molecular complexity index is 947. The summed E-state index contributed by atoms with van der Waals surface area (Å²) < 4.78 is 10.7. The first-order valence-electron chi connectivity index (χ1n) is 8.47. The van der Waals surface area contributed by atoms with Crippen LogP contribution in [0, 0.1) is 6.92 Å². The van der Waals surface area contributed by atoms with Crippen LogP contribution in [-0.4, -0.2) is 29.8 Å². The van der Waals surface area contributed by atoms with Crippen LogP contribution in [0.2, 0.25) is 5.02 Å². The van der Waals surface area contributed by atoms with Gasteiger partial charge in [0, 0.05) is 5.02 Å². The Morgan fingerprint density at radius 2 is 1.75 bits per heavy atom. The number of amides is 1. The lowest BCUT2D eigenvalue weighted by Crippen LogP contribution is -2.21. The standard InChI is InChI=1S/C20H19ClN4O3/c1-13-3-8-17(27-2)16(11-13)22-18-9-10-19(25-24-18)23-20(26)12-28-15-6-4-14(21)5-7-15/h3-11H,12H2,1-2H3,(H,22,24)(H,23,25,26). The number of halogens is 1. The molecule has 144 valence electrons. The van der Waals surface area contributed by atoms with Gasteiger partial charge in [0.1, 0.15) is 11.5 Å². The van der Waals surface area contributed by atoms with E-state index < -0.39 is 0 Å². The van der Waals surface area contributed by atoms with E-state index in [1.807, 2.05) is 25.1 Å². The summed E-state index contributed by atoms with van der Waals surface area (Å²) in [7, 11) is 1.60. The van der Waals surface area contributed by atoms with E-state index in [2.05, 4.69) is 20.8 Å². The molecule has 0 aliphatic heterocycles. The summed E-state index contributed by atoms with van der Waals surface area (Å²) in [5, 5.41) is 14.5. The van der Waals surface area contributed by atoms with E-state index in [9.17, 15) is 4.79 Å². The van der Waals surface area contributed by atoms with Crippen molar-refractivity contribution in [3.63, 3.8) is 0 Å². The summed E-state index contributed by atoms with van der Waals surface area (Å²) in [5.74, 6) is 1.76. The molecule has 0 unspecified atom stereocenters. The van der Waals surface area contributed by atoms with Crippen LogP contribution in [0.25, 0.3) is 0 Å². The van der Waals surface area contributed by atoms with Crippen molar-refractivity contribution in [1.82, 2.24) is 10.2 Å². The van der Waals surface area contributed by atoms with Crippen LogP contribution in [0.4, 0.5) is 17.3 Å². The van der Waals surface area contributed by atoms with Crippen molar-refractivity contribution < 1.29 is 14.3 Å². The topological polar surface area (TPSA) is 85.4 Å². The lowest BCUT2D eigenvalue weighted by molar-refractivity contribution is -0.118. The molecule has 1 amide bonds. The molecule has 3 rings (SSSR count). The van der Waals surface area contributed by atoms with Gasteiger partial charge in [-0.1, -0.05) is 17.7 Å². The van der Waals surface area contributed by atoms with E-state index in [0.717, 1.165) is 11.3 Å². The normalized spacial score (nSPS) is 10.2. The molecular formula is C20H19ClN4O3. The average Bonchev–Trinajstić information content (AvgIpc) is 2.69. The first kappa shape index (κ1) is 19.4. The first-order chi connectivity index (χ1) is 13.5. The van der Waals surface area contributed by atoms with Crippen LogP contribution < -0.4 is 20.1 Å². The Hall–Kier alpha value is -3.32. The summed E-state index contributed by atoms with van der Waals surface area (Å²) in [6.45, 7) is 1.84. The quantitative estimate of drug-likeness (QED) is 0.620. The Kier molecular flexibility index (Phi) is 6.29. The lowest BCUT2D eigenvalue weighted by Gasteiger charge is -2.11. The van der Waals surface area contributed by atoms with Crippen LogP contribution in [0.5, 0.6) is 11.5 Å². The van der Waals surface area contributed by atoms with E-state index in [-0.39, 0.29) is 12.5 Å². The van der Waals surface area contributed by atoms with Gasteiger partial charge >= 0.3 is 0 Å². The second kappa shape index (κ2) is 9.05. The highest BCUT2D eigenvalue weighted by atomic mass is 35.5. The van der Waals surface area contributed by atoms with E-state index in [4.69, 9.17) is 21.1 Å². The summed E-state index contributed by atoms with van der Waals surface area (Å²) in [4.78, 5) is 12.0. The molecule has 0 aliphatic rings. The van der Waals surface area contributed by atoms with E-state index >= 15 is 0 Å². The van der Waals surface area contributed by atoms with Gasteiger partial charge in [-0.25, -0.2) is 0 Å². The zero-order valence-corrected chi connectivity index (χ0v) is 16.2. The van der Waals surface area contributed by atoms with Crippen LogP contribution in [-0.2, 0) is 4.79 Å². The monoisotopic (exact) mass is 398 g/mol. The summed E-state index contributed by atoms with van der Waals surface area (Å²) in [6, 6.07) is 15.9. The van der Waals surface area contributed by atoms with Crippen molar-refractivity contribution in [2.75, 3.05) is 24.4 Å².